The van der Waals surface area contributed by atoms with Crippen LogP contribution in [0.25, 0.3) is 0 Å². The van der Waals surface area contributed by atoms with Crippen LogP contribution in [0, 0.1) is 5.82 Å². The molecule has 26 heavy (non-hydrogen) atoms. The number of carbonyl (C=O) groups excluding carboxylic acids is 1. The maximum atomic E-state index is 14.3. The second-order valence-corrected chi connectivity index (χ2v) is 8.73. The van der Waals surface area contributed by atoms with Gasteiger partial charge in [0, 0.05) is 30.6 Å². The number of benzene rings is 2. The molecule has 2 aromatic carbocycles. The van der Waals surface area contributed by atoms with E-state index < -0.39 is 15.7 Å². The molecular formula is C19H21FN2O3S. The summed E-state index contributed by atoms with van der Waals surface area (Å²) in [5.74, 6) is -0.906. The zero-order valence-electron chi connectivity index (χ0n) is 14.5. The van der Waals surface area contributed by atoms with Crippen molar-refractivity contribution in [2.75, 3.05) is 29.6 Å². The lowest BCUT2D eigenvalue weighted by Gasteiger charge is -2.18. The van der Waals surface area contributed by atoms with Crippen LogP contribution in [0.1, 0.15) is 28.8 Å². The van der Waals surface area contributed by atoms with Gasteiger partial charge in [0.1, 0.15) is 5.82 Å². The summed E-state index contributed by atoms with van der Waals surface area (Å²) in [6.07, 6.45) is 3.26. The van der Waals surface area contributed by atoms with Crippen molar-refractivity contribution in [3.8, 4) is 0 Å². The number of anilines is 2. The van der Waals surface area contributed by atoms with Crippen molar-refractivity contribution in [3.63, 3.8) is 0 Å². The Kier molecular flexibility index (Phi) is 5.27. The van der Waals surface area contributed by atoms with E-state index in [0.29, 0.717) is 22.5 Å². The molecule has 7 heteroatoms. The number of rotatable bonds is 5. The van der Waals surface area contributed by atoms with Crippen molar-refractivity contribution >= 4 is 27.1 Å². The van der Waals surface area contributed by atoms with Gasteiger partial charge in [-0.25, -0.2) is 12.8 Å². The van der Waals surface area contributed by atoms with Gasteiger partial charge in [0.05, 0.1) is 11.4 Å². The topological polar surface area (TPSA) is 66.5 Å². The summed E-state index contributed by atoms with van der Waals surface area (Å²) in [4.78, 5) is 14.4. The SMILES string of the molecule is CS(=O)(=O)Cc1cccc(C(=O)Nc2ccc(N3CCCC3)c(F)c2)c1. The van der Waals surface area contributed by atoms with Gasteiger partial charge in [-0.15, -0.1) is 0 Å². The van der Waals surface area contributed by atoms with Gasteiger partial charge in [0.25, 0.3) is 5.91 Å². The number of nitrogens with zero attached hydrogens (tertiary/aromatic N) is 1. The largest absolute Gasteiger partial charge is 0.369 e. The summed E-state index contributed by atoms with van der Waals surface area (Å²) >= 11 is 0. The molecule has 0 bridgehead atoms. The molecule has 0 radical (unpaired) electrons. The standard InChI is InChI=1S/C19H21FN2O3S/c1-26(24,25)13-14-5-4-6-15(11-14)19(23)21-16-7-8-18(17(20)12-16)22-9-2-3-10-22/h4-8,11-12H,2-3,9-10,13H2,1H3,(H,21,23). The summed E-state index contributed by atoms with van der Waals surface area (Å²) in [5, 5.41) is 2.66. The molecule has 1 aliphatic heterocycles. The Hall–Kier alpha value is -2.41. The highest BCUT2D eigenvalue weighted by Gasteiger charge is 2.17. The van der Waals surface area contributed by atoms with Gasteiger partial charge in [0.15, 0.2) is 9.84 Å². The predicted octanol–water partition coefficient (Wildman–Crippen LogP) is 3.22. The first-order chi connectivity index (χ1) is 12.3. The van der Waals surface area contributed by atoms with Crippen molar-refractivity contribution in [2.45, 2.75) is 18.6 Å². The molecule has 0 aromatic heterocycles. The Morgan fingerprint density at radius 3 is 2.54 bits per heavy atom. The van der Waals surface area contributed by atoms with Gasteiger partial charge in [-0.1, -0.05) is 12.1 Å². The highest BCUT2D eigenvalue weighted by atomic mass is 32.2. The molecule has 1 N–H and O–H groups in total. The number of carbonyl (C=O) groups is 1. The minimum atomic E-state index is -3.18. The number of sulfone groups is 1. The smallest absolute Gasteiger partial charge is 0.255 e. The molecule has 5 nitrogen and oxygen atoms in total. The fraction of sp³-hybridized carbons (Fsp3) is 0.316. The third-order valence-corrected chi connectivity index (χ3v) is 5.13. The molecule has 1 amide bonds. The van der Waals surface area contributed by atoms with E-state index in [1.54, 1.807) is 30.3 Å². The van der Waals surface area contributed by atoms with Gasteiger partial charge in [-0.3, -0.25) is 4.79 Å². The predicted molar refractivity (Wildman–Crippen MR) is 101 cm³/mol. The molecule has 0 spiro atoms. The van der Waals surface area contributed by atoms with Crippen LogP contribution in [0.2, 0.25) is 0 Å². The zero-order valence-corrected chi connectivity index (χ0v) is 15.4. The summed E-state index contributed by atoms with van der Waals surface area (Å²) in [6, 6.07) is 11.1. The summed E-state index contributed by atoms with van der Waals surface area (Å²) in [5.41, 5.74) is 1.78. The maximum absolute atomic E-state index is 14.3. The Morgan fingerprint density at radius 2 is 1.88 bits per heavy atom. The molecule has 3 rings (SSSR count). The fourth-order valence-corrected chi connectivity index (χ4v) is 3.89. The zero-order chi connectivity index (χ0) is 18.7. The van der Waals surface area contributed by atoms with Crippen molar-refractivity contribution in [1.82, 2.24) is 0 Å². The maximum Gasteiger partial charge on any atom is 0.255 e. The normalized spacial score (nSPS) is 14.5. The fourth-order valence-electron chi connectivity index (χ4n) is 3.11. The van der Waals surface area contributed by atoms with Crippen LogP contribution < -0.4 is 10.2 Å². The summed E-state index contributed by atoms with van der Waals surface area (Å²) < 4.78 is 37.2. The second kappa shape index (κ2) is 7.45. The van der Waals surface area contributed by atoms with Crippen molar-refractivity contribution < 1.29 is 17.6 Å². The summed E-state index contributed by atoms with van der Waals surface area (Å²) in [7, 11) is -3.18. The van der Waals surface area contributed by atoms with Crippen LogP contribution >= 0.6 is 0 Å². The molecule has 1 saturated heterocycles. The monoisotopic (exact) mass is 376 g/mol. The van der Waals surface area contributed by atoms with Crippen LogP contribution in [0.4, 0.5) is 15.8 Å². The number of halogens is 1. The number of hydrogen-bond donors (Lipinski definition) is 1. The van der Waals surface area contributed by atoms with Crippen LogP contribution in [-0.4, -0.2) is 33.7 Å². The van der Waals surface area contributed by atoms with E-state index in [1.165, 1.54) is 12.1 Å². The Morgan fingerprint density at radius 1 is 1.15 bits per heavy atom. The summed E-state index contributed by atoms with van der Waals surface area (Å²) in [6.45, 7) is 1.69. The van der Waals surface area contributed by atoms with Gasteiger partial charge in [-0.05, 0) is 48.7 Å². The molecular weight excluding hydrogens is 355 g/mol. The molecule has 1 heterocycles. The van der Waals surface area contributed by atoms with E-state index in [0.717, 1.165) is 32.2 Å². The Balaban J connectivity index is 1.73. The number of nitrogens with one attached hydrogen (secondary N) is 1. The molecule has 2 aromatic rings. The van der Waals surface area contributed by atoms with Gasteiger partial charge < -0.3 is 10.2 Å². The first-order valence-corrected chi connectivity index (χ1v) is 10.5. The van der Waals surface area contributed by atoms with Gasteiger partial charge in [-0.2, -0.15) is 0 Å². The van der Waals surface area contributed by atoms with Crippen molar-refractivity contribution in [3.05, 3.63) is 59.4 Å². The quantitative estimate of drug-likeness (QED) is 0.870. The van der Waals surface area contributed by atoms with Crippen molar-refractivity contribution in [1.29, 1.82) is 0 Å². The average molecular weight is 376 g/mol. The molecule has 138 valence electrons. The van der Waals surface area contributed by atoms with Crippen LogP contribution in [0.15, 0.2) is 42.5 Å². The Bertz CT molecular complexity index is 922. The number of amides is 1. The van der Waals surface area contributed by atoms with E-state index >= 15 is 0 Å². The lowest BCUT2D eigenvalue weighted by atomic mass is 10.1. The van der Waals surface area contributed by atoms with E-state index in [-0.39, 0.29) is 11.6 Å². The number of hydrogen-bond acceptors (Lipinski definition) is 4. The van der Waals surface area contributed by atoms with Gasteiger partial charge in [0.2, 0.25) is 0 Å². The molecule has 0 unspecified atom stereocenters. The minimum absolute atomic E-state index is 0.132. The molecule has 0 atom stereocenters. The molecule has 0 saturated carbocycles. The van der Waals surface area contributed by atoms with E-state index in [9.17, 15) is 17.6 Å². The van der Waals surface area contributed by atoms with E-state index in [2.05, 4.69) is 5.32 Å². The van der Waals surface area contributed by atoms with Crippen LogP contribution in [-0.2, 0) is 15.6 Å². The van der Waals surface area contributed by atoms with Crippen LogP contribution in [0.5, 0.6) is 0 Å². The first kappa shape index (κ1) is 18.4. The molecule has 0 aliphatic carbocycles. The third kappa shape index (κ3) is 4.60. The molecule has 1 fully saturated rings. The highest BCUT2D eigenvalue weighted by Crippen LogP contribution is 2.26. The molecule has 1 aliphatic rings. The minimum Gasteiger partial charge on any atom is -0.369 e. The van der Waals surface area contributed by atoms with E-state index in [1.807, 2.05) is 4.90 Å². The van der Waals surface area contributed by atoms with Crippen LogP contribution in [0.3, 0.4) is 0 Å². The lowest BCUT2D eigenvalue weighted by Crippen LogP contribution is -2.19. The lowest BCUT2D eigenvalue weighted by molar-refractivity contribution is 0.102. The van der Waals surface area contributed by atoms with Crippen molar-refractivity contribution in [2.24, 2.45) is 0 Å². The third-order valence-electron chi connectivity index (χ3n) is 4.27. The highest BCUT2D eigenvalue weighted by molar-refractivity contribution is 7.89. The average Bonchev–Trinajstić information content (AvgIpc) is 3.08. The second-order valence-electron chi connectivity index (χ2n) is 6.58. The Labute approximate surface area is 152 Å². The first-order valence-electron chi connectivity index (χ1n) is 8.44. The van der Waals surface area contributed by atoms with Gasteiger partial charge >= 0.3 is 0 Å². The van der Waals surface area contributed by atoms with E-state index in [4.69, 9.17) is 0 Å².